The third kappa shape index (κ3) is 2.70. The Kier molecular flexibility index (Phi) is 3.27. The second-order valence-electron chi connectivity index (χ2n) is 2.94. The van der Waals surface area contributed by atoms with Gasteiger partial charge in [0.2, 0.25) is 0 Å². The van der Waals surface area contributed by atoms with Gasteiger partial charge in [-0.15, -0.1) is 0 Å². The van der Waals surface area contributed by atoms with Gasteiger partial charge in [-0.25, -0.2) is 0 Å². The van der Waals surface area contributed by atoms with Crippen LogP contribution in [0.4, 0.5) is 5.82 Å². The van der Waals surface area contributed by atoms with Gasteiger partial charge in [0, 0.05) is 13.1 Å². The summed E-state index contributed by atoms with van der Waals surface area (Å²) in [4.78, 5) is 23.7. The van der Waals surface area contributed by atoms with Crippen molar-refractivity contribution in [1.29, 1.82) is 0 Å². The Morgan fingerprint density at radius 1 is 1.67 bits per heavy atom. The zero-order valence-electron chi connectivity index (χ0n) is 8.48. The molecule has 15 heavy (non-hydrogen) atoms. The first-order valence-corrected chi connectivity index (χ1v) is 4.17. The van der Waals surface area contributed by atoms with Crippen LogP contribution < -0.4 is 5.73 Å². The van der Waals surface area contributed by atoms with Crippen molar-refractivity contribution in [2.75, 3.05) is 26.4 Å². The molecule has 0 atom stereocenters. The molecule has 7 heteroatoms. The van der Waals surface area contributed by atoms with Crippen molar-refractivity contribution in [1.82, 2.24) is 15.1 Å². The smallest absolute Gasteiger partial charge is 0.325 e. The lowest BCUT2D eigenvalue weighted by atomic mass is 10.3. The molecule has 0 bridgehead atoms. The molecule has 0 saturated carbocycles. The SMILES string of the molecule is COC(=O)CN(C)C(=O)c1cc(N)n[nH]1. The molecule has 0 unspecified atom stereocenters. The summed E-state index contributed by atoms with van der Waals surface area (Å²) in [6.45, 7) is -0.117. The first kappa shape index (κ1) is 11.0. The molecule has 0 radical (unpaired) electrons. The number of esters is 1. The number of nitrogen functional groups attached to an aromatic ring is 1. The molecule has 1 rings (SSSR count). The zero-order chi connectivity index (χ0) is 11.4. The molecule has 7 nitrogen and oxygen atoms in total. The van der Waals surface area contributed by atoms with Crippen molar-refractivity contribution in [2.24, 2.45) is 0 Å². The van der Waals surface area contributed by atoms with E-state index in [9.17, 15) is 9.59 Å². The summed E-state index contributed by atoms with van der Waals surface area (Å²) in [5, 5.41) is 6.07. The maximum absolute atomic E-state index is 11.6. The number of hydrogen-bond acceptors (Lipinski definition) is 5. The lowest BCUT2D eigenvalue weighted by Gasteiger charge is -2.13. The molecule has 1 aromatic heterocycles. The van der Waals surface area contributed by atoms with Gasteiger partial charge in [0.15, 0.2) is 0 Å². The Labute approximate surface area is 86.2 Å². The van der Waals surface area contributed by atoms with Gasteiger partial charge in [-0.05, 0) is 0 Å². The summed E-state index contributed by atoms with van der Waals surface area (Å²) in [6, 6.07) is 1.40. The van der Waals surface area contributed by atoms with E-state index in [-0.39, 0.29) is 24.0 Å². The van der Waals surface area contributed by atoms with Crippen LogP contribution in [0.15, 0.2) is 6.07 Å². The molecule has 82 valence electrons. The standard InChI is InChI=1S/C8H12N4O3/c1-12(4-7(13)15-2)8(14)5-3-6(9)11-10-5/h3H,4H2,1-2H3,(H3,9,10,11). The maximum Gasteiger partial charge on any atom is 0.325 e. The number of rotatable bonds is 3. The number of hydrogen-bond donors (Lipinski definition) is 2. The molecule has 0 aliphatic rings. The van der Waals surface area contributed by atoms with Crippen LogP contribution in [-0.4, -0.2) is 47.7 Å². The highest BCUT2D eigenvalue weighted by Crippen LogP contribution is 2.03. The number of nitrogens with one attached hydrogen (secondary N) is 1. The molecule has 1 amide bonds. The number of likely N-dealkylation sites (N-methyl/N-ethyl adjacent to an activating group) is 1. The number of aromatic nitrogens is 2. The lowest BCUT2D eigenvalue weighted by molar-refractivity contribution is -0.141. The topological polar surface area (TPSA) is 101 Å². The van der Waals surface area contributed by atoms with E-state index >= 15 is 0 Å². The summed E-state index contributed by atoms with van der Waals surface area (Å²) in [6.07, 6.45) is 0. The molecule has 0 aromatic carbocycles. The minimum atomic E-state index is -0.488. The molecular weight excluding hydrogens is 200 g/mol. The zero-order valence-corrected chi connectivity index (χ0v) is 8.48. The van der Waals surface area contributed by atoms with E-state index in [0.29, 0.717) is 0 Å². The summed E-state index contributed by atoms with van der Waals surface area (Å²) in [5.41, 5.74) is 5.57. The van der Waals surface area contributed by atoms with Gasteiger partial charge in [0.1, 0.15) is 18.1 Å². The van der Waals surface area contributed by atoms with Gasteiger partial charge >= 0.3 is 5.97 Å². The molecule has 1 heterocycles. The Bertz CT molecular complexity index is 374. The van der Waals surface area contributed by atoms with Crippen LogP contribution in [0.1, 0.15) is 10.5 Å². The quantitative estimate of drug-likeness (QED) is 0.641. The highest BCUT2D eigenvalue weighted by atomic mass is 16.5. The van der Waals surface area contributed by atoms with Gasteiger partial charge in [-0.3, -0.25) is 14.7 Å². The second-order valence-corrected chi connectivity index (χ2v) is 2.94. The third-order valence-corrected chi connectivity index (χ3v) is 1.77. The van der Waals surface area contributed by atoms with E-state index in [1.807, 2.05) is 0 Å². The average molecular weight is 212 g/mol. The molecule has 0 aliphatic carbocycles. The molecule has 0 spiro atoms. The Morgan fingerprint density at radius 3 is 2.80 bits per heavy atom. The van der Waals surface area contributed by atoms with Gasteiger partial charge in [0.25, 0.3) is 5.91 Å². The van der Waals surface area contributed by atoms with Crippen molar-refractivity contribution in [3.8, 4) is 0 Å². The largest absolute Gasteiger partial charge is 0.468 e. The normalized spacial score (nSPS) is 9.73. The number of aromatic amines is 1. The predicted molar refractivity (Wildman–Crippen MR) is 52.0 cm³/mol. The fourth-order valence-electron chi connectivity index (χ4n) is 0.982. The Balaban J connectivity index is 2.64. The summed E-state index contributed by atoms with van der Waals surface area (Å²) < 4.78 is 4.43. The van der Waals surface area contributed by atoms with Crippen LogP contribution in [0.25, 0.3) is 0 Å². The highest BCUT2D eigenvalue weighted by molar-refractivity contribution is 5.94. The van der Waals surface area contributed by atoms with Crippen LogP contribution in [0.3, 0.4) is 0 Å². The molecule has 0 fully saturated rings. The number of carbonyl (C=O) groups excluding carboxylic acids is 2. The third-order valence-electron chi connectivity index (χ3n) is 1.77. The number of anilines is 1. The van der Waals surface area contributed by atoms with Gasteiger partial charge < -0.3 is 15.4 Å². The van der Waals surface area contributed by atoms with Crippen LogP contribution in [0.2, 0.25) is 0 Å². The van der Waals surface area contributed by atoms with Crippen molar-refractivity contribution < 1.29 is 14.3 Å². The average Bonchev–Trinajstić information content (AvgIpc) is 2.63. The number of ether oxygens (including phenoxy) is 1. The summed E-state index contributed by atoms with van der Waals surface area (Å²) in [7, 11) is 2.74. The number of nitrogens with zero attached hydrogens (tertiary/aromatic N) is 2. The summed E-state index contributed by atoms with van der Waals surface area (Å²) in [5.74, 6) is -0.632. The van der Waals surface area contributed by atoms with Crippen LogP contribution in [-0.2, 0) is 9.53 Å². The van der Waals surface area contributed by atoms with Crippen molar-refractivity contribution >= 4 is 17.7 Å². The number of carbonyl (C=O) groups is 2. The van der Waals surface area contributed by atoms with Crippen LogP contribution in [0.5, 0.6) is 0 Å². The fourth-order valence-corrected chi connectivity index (χ4v) is 0.982. The Hall–Kier alpha value is -2.05. The summed E-state index contributed by atoms with van der Waals surface area (Å²) >= 11 is 0. The van der Waals surface area contributed by atoms with E-state index in [4.69, 9.17) is 5.73 Å². The molecule has 3 N–H and O–H groups in total. The minimum Gasteiger partial charge on any atom is -0.468 e. The molecular formula is C8H12N4O3. The van der Waals surface area contributed by atoms with Crippen LogP contribution in [0, 0.1) is 0 Å². The lowest BCUT2D eigenvalue weighted by Crippen LogP contribution is -2.32. The number of nitrogens with two attached hydrogens (primary N) is 1. The monoisotopic (exact) mass is 212 g/mol. The van der Waals surface area contributed by atoms with Gasteiger partial charge in [0.05, 0.1) is 7.11 Å². The van der Waals surface area contributed by atoms with Crippen molar-refractivity contribution in [3.05, 3.63) is 11.8 Å². The van der Waals surface area contributed by atoms with E-state index in [0.717, 1.165) is 0 Å². The van der Waals surface area contributed by atoms with Crippen molar-refractivity contribution in [3.63, 3.8) is 0 Å². The van der Waals surface area contributed by atoms with E-state index in [1.54, 1.807) is 0 Å². The van der Waals surface area contributed by atoms with E-state index in [1.165, 1.54) is 25.1 Å². The predicted octanol–water partition coefficient (Wildman–Crippen LogP) is -0.763. The van der Waals surface area contributed by atoms with Crippen LogP contribution >= 0.6 is 0 Å². The van der Waals surface area contributed by atoms with E-state index in [2.05, 4.69) is 14.9 Å². The minimum absolute atomic E-state index is 0.117. The number of H-pyrrole nitrogens is 1. The first-order chi connectivity index (χ1) is 7.04. The van der Waals surface area contributed by atoms with Gasteiger partial charge in [-0.1, -0.05) is 0 Å². The molecule has 1 aromatic rings. The second kappa shape index (κ2) is 4.45. The molecule has 0 saturated heterocycles. The molecule has 0 aliphatic heterocycles. The number of methoxy groups -OCH3 is 1. The highest BCUT2D eigenvalue weighted by Gasteiger charge is 2.16. The fraction of sp³-hybridized carbons (Fsp3) is 0.375. The van der Waals surface area contributed by atoms with E-state index < -0.39 is 5.97 Å². The van der Waals surface area contributed by atoms with Gasteiger partial charge in [-0.2, -0.15) is 5.10 Å². The maximum atomic E-state index is 11.6. The van der Waals surface area contributed by atoms with Crippen molar-refractivity contribution in [2.45, 2.75) is 0 Å². The Morgan fingerprint density at radius 2 is 2.33 bits per heavy atom. The first-order valence-electron chi connectivity index (χ1n) is 4.17. The number of amides is 1.